The van der Waals surface area contributed by atoms with Crippen LogP contribution in [0.3, 0.4) is 0 Å². The fraction of sp³-hybridized carbons (Fsp3) is 0.286. The summed E-state index contributed by atoms with van der Waals surface area (Å²) in [6.45, 7) is 2.40. The van der Waals surface area contributed by atoms with Crippen LogP contribution in [0.4, 0.5) is 4.39 Å². The van der Waals surface area contributed by atoms with Gasteiger partial charge in [-0.1, -0.05) is 25.1 Å². The molecule has 3 aromatic rings. The van der Waals surface area contributed by atoms with Gasteiger partial charge in [0.25, 0.3) is 5.56 Å². The van der Waals surface area contributed by atoms with Crippen LogP contribution in [0, 0.1) is 5.82 Å². The molecule has 2 aromatic carbocycles. The molecule has 1 N–H and O–H groups in total. The second-order valence-corrected chi connectivity index (χ2v) is 6.50. The first-order chi connectivity index (χ1) is 14.0. The van der Waals surface area contributed by atoms with Crippen molar-refractivity contribution in [1.82, 2.24) is 14.5 Å². The molecule has 0 aliphatic carbocycles. The van der Waals surface area contributed by atoms with Crippen LogP contribution < -0.4 is 16.6 Å². The van der Waals surface area contributed by atoms with Gasteiger partial charge in [0.15, 0.2) is 0 Å². The van der Waals surface area contributed by atoms with Crippen LogP contribution in [0.5, 0.6) is 0 Å². The lowest BCUT2D eigenvalue weighted by Crippen LogP contribution is -2.44. The summed E-state index contributed by atoms with van der Waals surface area (Å²) in [5.41, 5.74) is -0.812. The van der Waals surface area contributed by atoms with Gasteiger partial charge in [0, 0.05) is 13.7 Å². The third kappa shape index (κ3) is 3.97. The molecule has 1 atom stereocenters. The van der Waals surface area contributed by atoms with Crippen LogP contribution in [0.2, 0.25) is 0 Å². The summed E-state index contributed by atoms with van der Waals surface area (Å²) in [6, 6.07) is 11.0. The molecule has 3 rings (SSSR count). The summed E-state index contributed by atoms with van der Waals surface area (Å²) in [6.07, 6.45) is 0.323. The molecule has 1 amide bonds. The quantitative estimate of drug-likeness (QED) is 0.616. The van der Waals surface area contributed by atoms with E-state index in [2.05, 4.69) is 5.32 Å². The molecule has 0 radical (unpaired) electrons. The minimum absolute atomic E-state index is 0.106. The van der Waals surface area contributed by atoms with E-state index in [0.29, 0.717) is 25.1 Å². The van der Waals surface area contributed by atoms with E-state index < -0.39 is 23.1 Å². The highest BCUT2D eigenvalue weighted by atomic mass is 19.1. The van der Waals surface area contributed by atoms with Crippen molar-refractivity contribution >= 4 is 16.8 Å². The van der Waals surface area contributed by atoms with Crippen LogP contribution in [0.15, 0.2) is 58.1 Å². The summed E-state index contributed by atoms with van der Waals surface area (Å²) >= 11 is 0. The monoisotopic (exact) mass is 399 g/mol. The molecule has 8 heteroatoms. The Morgan fingerprint density at radius 2 is 1.93 bits per heavy atom. The van der Waals surface area contributed by atoms with Gasteiger partial charge in [0.05, 0.1) is 23.2 Å². The Balaban J connectivity index is 2.27. The standard InChI is InChI=1S/C21H22FN3O4/c1-3-17(19(26)23-11-12-29-2)25-18-10-5-4-9-16(18)20(27)24(21(25)28)15-8-6-7-14(22)13-15/h4-10,13,17H,3,11-12H2,1-2H3,(H,23,26)/t17-/m1/s1. The lowest BCUT2D eigenvalue weighted by atomic mass is 10.1. The number of amides is 1. The summed E-state index contributed by atoms with van der Waals surface area (Å²) in [5, 5.41) is 3.00. The van der Waals surface area contributed by atoms with Gasteiger partial charge < -0.3 is 10.1 Å². The minimum Gasteiger partial charge on any atom is -0.383 e. The Bertz CT molecular complexity index is 1150. The Hall–Kier alpha value is -3.26. The maximum absolute atomic E-state index is 13.8. The smallest absolute Gasteiger partial charge is 0.336 e. The fourth-order valence-electron chi connectivity index (χ4n) is 3.31. The van der Waals surface area contributed by atoms with E-state index in [1.165, 1.54) is 29.9 Å². The number of hydrogen-bond acceptors (Lipinski definition) is 4. The van der Waals surface area contributed by atoms with Crippen LogP contribution in [0.1, 0.15) is 19.4 Å². The van der Waals surface area contributed by atoms with Gasteiger partial charge in [-0.2, -0.15) is 0 Å². The zero-order chi connectivity index (χ0) is 21.0. The number of aromatic nitrogens is 2. The van der Waals surface area contributed by atoms with E-state index in [-0.39, 0.29) is 17.0 Å². The SMILES string of the molecule is CC[C@H](C(=O)NCCOC)n1c(=O)n(-c2cccc(F)c2)c(=O)c2ccccc21. The summed E-state index contributed by atoms with van der Waals surface area (Å²) in [5.74, 6) is -0.931. The summed E-state index contributed by atoms with van der Waals surface area (Å²) in [4.78, 5) is 39.1. The number of methoxy groups -OCH3 is 1. The number of nitrogens with one attached hydrogen (secondary N) is 1. The number of halogens is 1. The van der Waals surface area contributed by atoms with Crippen molar-refractivity contribution in [2.75, 3.05) is 20.3 Å². The summed E-state index contributed by atoms with van der Waals surface area (Å²) in [7, 11) is 1.52. The lowest BCUT2D eigenvalue weighted by Gasteiger charge is -2.21. The van der Waals surface area contributed by atoms with Crippen LogP contribution in [-0.2, 0) is 9.53 Å². The Labute approximate surface area is 166 Å². The molecule has 0 saturated carbocycles. The first-order valence-corrected chi connectivity index (χ1v) is 9.28. The van der Waals surface area contributed by atoms with Crippen molar-refractivity contribution in [3.05, 3.63) is 75.2 Å². The van der Waals surface area contributed by atoms with Gasteiger partial charge in [-0.3, -0.25) is 14.2 Å². The second-order valence-electron chi connectivity index (χ2n) is 6.50. The highest BCUT2D eigenvalue weighted by molar-refractivity contribution is 5.84. The summed E-state index contributed by atoms with van der Waals surface area (Å²) < 4.78 is 20.9. The first kappa shape index (κ1) is 20.5. The predicted octanol–water partition coefficient (Wildman–Crippen LogP) is 2.01. The van der Waals surface area contributed by atoms with E-state index in [1.54, 1.807) is 31.2 Å². The highest BCUT2D eigenvalue weighted by Gasteiger charge is 2.24. The number of ether oxygens (including phenoxy) is 1. The molecule has 0 fully saturated rings. The van der Waals surface area contributed by atoms with E-state index in [4.69, 9.17) is 4.74 Å². The number of carbonyl (C=O) groups is 1. The fourth-order valence-corrected chi connectivity index (χ4v) is 3.31. The van der Waals surface area contributed by atoms with Crippen molar-refractivity contribution in [1.29, 1.82) is 0 Å². The van der Waals surface area contributed by atoms with Crippen LogP contribution in [-0.4, -0.2) is 35.3 Å². The number of fused-ring (bicyclic) bond motifs is 1. The third-order valence-corrected chi connectivity index (χ3v) is 4.67. The largest absolute Gasteiger partial charge is 0.383 e. The number of carbonyl (C=O) groups excluding carboxylic acids is 1. The number of benzene rings is 2. The molecule has 0 aliphatic heterocycles. The van der Waals surface area contributed by atoms with Gasteiger partial charge in [0.2, 0.25) is 5.91 Å². The minimum atomic E-state index is -0.843. The van der Waals surface area contributed by atoms with Gasteiger partial charge in [0.1, 0.15) is 11.9 Å². The number of rotatable bonds is 7. The zero-order valence-corrected chi connectivity index (χ0v) is 16.2. The van der Waals surface area contributed by atoms with Crippen molar-refractivity contribution in [2.45, 2.75) is 19.4 Å². The van der Waals surface area contributed by atoms with Crippen molar-refractivity contribution < 1.29 is 13.9 Å². The van der Waals surface area contributed by atoms with Crippen LogP contribution in [0.25, 0.3) is 16.6 Å². The maximum Gasteiger partial charge on any atom is 0.336 e. The van der Waals surface area contributed by atoms with Gasteiger partial charge in [-0.05, 0) is 36.8 Å². The average Bonchev–Trinajstić information content (AvgIpc) is 2.71. The van der Waals surface area contributed by atoms with E-state index in [1.807, 2.05) is 0 Å². The Morgan fingerprint density at radius 3 is 2.62 bits per heavy atom. The van der Waals surface area contributed by atoms with Gasteiger partial charge >= 0.3 is 5.69 Å². The number of hydrogen-bond donors (Lipinski definition) is 1. The molecular formula is C21H22FN3O4. The molecule has 0 aliphatic rings. The highest BCUT2D eigenvalue weighted by Crippen LogP contribution is 2.17. The number of para-hydroxylation sites is 1. The molecule has 0 bridgehead atoms. The predicted molar refractivity (Wildman–Crippen MR) is 108 cm³/mol. The molecule has 0 saturated heterocycles. The Kier molecular flexibility index (Phi) is 6.23. The van der Waals surface area contributed by atoms with Gasteiger partial charge in [-0.15, -0.1) is 0 Å². The zero-order valence-electron chi connectivity index (χ0n) is 16.2. The van der Waals surface area contributed by atoms with E-state index >= 15 is 0 Å². The molecule has 29 heavy (non-hydrogen) atoms. The van der Waals surface area contributed by atoms with Crippen molar-refractivity contribution in [2.24, 2.45) is 0 Å². The molecule has 152 valence electrons. The third-order valence-electron chi connectivity index (χ3n) is 4.67. The first-order valence-electron chi connectivity index (χ1n) is 9.28. The van der Waals surface area contributed by atoms with Crippen molar-refractivity contribution in [3.8, 4) is 5.69 Å². The molecule has 7 nitrogen and oxygen atoms in total. The molecule has 1 heterocycles. The second kappa shape index (κ2) is 8.83. The molecule has 0 spiro atoms. The molecule has 0 unspecified atom stereocenters. The van der Waals surface area contributed by atoms with Crippen molar-refractivity contribution in [3.63, 3.8) is 0 Å². The molecule has 1 aromatic heterocycles. The lowest BCUT2D eigenvalue weighted by molar-refractivity contribution is -0.124. The van der Waals surface area contributed by atoms with Gasteiger partial charge in [-0.25, -0.2) is 13.8 Å². The average molecular weight is 399 g/mol. The normalized spacial score (nSPS) is 12.1. The molecular weight excluding hydrogens is 377 g/mol. The van der Waals surface area contributed by atoms with Crippen LogP contribution >= 0.6 is 0 Å². The van der Waals surface area contributed by atoms with E-state index in [9.17, 15) is 18.8 Å². The Morgan fingerprint density at radius 1 is 1.17 bits per heavy atom. The number of nitrogens with zero attached hydrogens (tertiary/aromatic N) is 2. The maximum atomic E-state index is 13.8. The topological polar surface area (TPSA) is 82.3 Å². The van der Waals surface area contributed by atoms with E-state index in [0.717, 1.165) is 10.6 Å².